The van der Waals surface area contributed by atoms with E-state index in [0.717, 1.165) is 44.2 Å². The lowest BCUT2D eigenvalue weighted by molar-refractivity contribution is 0.366. The molecule has 0 atom stereocenters. The van der Waals surface area contributed by atoms with Crippen molar-refractivity contribution >= 4 is 5.82 Å². The number of aromatic nitrogens is 1. The molecule has 0 radical (unpaired) electrons. The van der Waals surface area contributed by atoms with Crippen LogP contribution in [-0.4, -0.2) is 24.8 Å². The van der Waals surface area contributed by atoms with Crippen molar-refractivity contribution in [1.29, 1.82) is 0 Å². The Hall–Kier alpha value is -1.03. The number of rotatable bonds is 1. The van der Waals surface area contributed by atoms with E-state index in [1.165, 1.54) is 18.4 Å². The van der Waals surface area contributed by atoms with Gasteiger partial charge in [0.15, 0.2) is 11.6 Å². The van der Waals surface area contributed by atoms with Crippen LogP contribution in [0.1, 0.15) is 24.2 Å². The van der Waals surface area contributed by atoms with Gasteiger partial charge in [0.2, 0.25) is 0 Å². The first kappa shape index (κ1) is 8.29. The Balaban J connectivity index is 1.93. The average Bonchev–Trinajstić information content (AvgIpc) is 2.85. The van der Waals surface area contributed by atoms with Gasteiger partial charge in [0, 0.05) is 18.7 Å². The quantitative estimate of drug-likeness (QED) is 0.720. The number of nitrogens with one attached hydrogen (secondary N) is 1. The van der Waals surface area contributed by atoms with Crippen LogP contribution in [0.2, 0.25) is 0 Å². The highest BCUT2D eigenvalue weighted by Gasteiger charge is 2.24. The second kappa shape index (κ2) is 3.28. The molecule has 14 heavy (non-hydrogen) atoms. The van der Waals surface area contributed by atoms with Gasteiger partial charge in [0.25, 0.3) is 0 Å². The molecule has 4 nitrogen and oxygen atoms in total. The van der Waals surface area contributed by atoms with E-state index in [0.29, 0.717) is 0 Å². The van der Waals surface area contributed by atoms with Crippen molar-refractivity contribution in [1.82, 2.24) is 10.5 Å². The Kier molecular flexibility index (Phi) is 1.94. The molecule has 3 heterocycles. The minimum Gasteiger partial charge on any atom is -0.358 e. The molecule has 2 aliphatic heterocycles. The van der Waals surface area contributed by atoms with Gasteiger partial charge in [-0.15, -0.1) is 0 Å². The SMILES string of the molecule is C1CCN(c2noc3c2CCNC3)C1. The second-order valence-electron chi connectivity index (χ2n) is 4.03. The van der Waals surface area contributed by atoms with E-state index in [1.807, 2.05) is 0 Å². The fourth-order valence-corrected chi connectivity index (χ4v) is 2.32. The van der Waals surface area contributed by atoms with Gasteiger partial charge in [-0.2, -0.15) is 0 Å². The monoisotopic (exact) mass is 193 g/mol. The van der Waals surface area contributed by atoms with E-state index in [4.69, 9.17) is 4.52 Å². The van der Waals surface area contributed by atoms with Crippen molar-refractivity contribution in [3.8, 4) is 0 Å². The molecule has 2 aliphatic rings. The third kappa shape index (κ3) is 1.21. The first-order valence-electron chi connectivity index (χ1n) is 5.38. The lowest BCUT2D eigenvalue weighted by Gasteiger charge is -2.17. The second-order valence-corrected chi connectivity index (χ2v) is 4.03. The van der Waals surface area contributed by atoms with E-state index in [1.54, 1.807) is 0 Å². The van der Waals surface area contributed by atoms with Gasteiger partial charge < -0.3 is 14.7 Å². The molecule has 1 N–H and O–H groups in total. The number of fused-ring (bicyclic) bond motifs is 1. The van der Waals surface area contributed by atoms with E-state index >= 15 is 0 Å². The van der Waals surface area contributed by atoms with Crippen LogP contribution in [0.5, 0.6) is 0 Å². The normalized spacial score (nSPS) is 21.3. The third-order valence-corrected chi connectivity index (χ3v) is 3.09. The largest absolute Gasteiger partial charge is 0.358 e. The van der Waals surface area contributed by atoms with Crippen LogP contribution in [-0.2, 0) is 13.0 Å². The van der Waals surface area contributed by atoms with Crippen molar-refractivity contribution in [2.75, 3.05) is 24.5 Å². The molecular weight excluding hydrogens is 178 g/mol. The van der Waals surface area contributed by atoms with E-state index in [2.05, 4.69) is 15.4 Å². The fraction of sp³-hybridized carbons (Fsp3) is 0.700. The summed E-state index contributed by atoms with van der Waals surface area (Å²) < 4.78 is 5.35. The van der Waals surface area contributed by atoms with Gasteiger partial charge >= 0.3 is 0 Å². The average molecular weight is 193 g/mol. The summed E-state index contributed by atoms with van der Waals surface area (Å²) in [6.45, 7) is 4.18. The molecule has 1 aromatic rings. The molecule has 76 valence electrons. The summed E-state index contributed by atoms with van der Waals surface area (Å²) in [5.74, 6) is 2.15. The van der Waals surface area contributed by atoms with Crippen molar-refractivity contribution in [3.05, 3.63) is 11.3 Å². The highest BCUT2D eigenvalue weighted by molar-refractivity contribution is 5.49. The minimum absolute atomic E-state index is 0.843. The van der Waals surface area contributed by atoms with E-state index < -0.39 is 0 Å². The third-order valence-electron chi connectivity index (χ3n) is 3.09. The Morgan fingerprint density at radius 2 is 2.14 bits per heavy atom. The standard InChI is InChI=1S/C10H15N3O/c1-2-6-13(5-1)10-8-3-4-11-7-9(8)14-12-10/h11H,1-7H2. The van der Waals surface area contributed by atoms with Crippen LogP contribution in [0.25, 0.3) is 0 Å². The highest BCUT2D eigenvalue weighted by Crippen LogP contribution is 2.27. The van der Waals surface area contributed by atoms with Crippen molar-refractivity contribution in [2.24, 2.45) is 0 Å². The van der Waals surface area contributed by atoms with Gasteiger partial charge in [-0.3, -0.25) is 0 Å². The number of nitrogens with zero attached hydrogens (tertiary/aromatic N) is 2. The minimum atomic E-state index is 0.843. The zero-order chi connectivity index (χ0) is 9.38. The molecule has 1 saturated heterocycles. The maximum atomic E-state index is 5.35. The molecule has 1 fully saturated rings. The van der Waals surface area contributed by atoms with Crippen LogP contribution in [0.4, 0.5) is 5.82 Å². The van der Waals surface area contributed by atoms with Crippen LogP contribution < -0.4 is 10.2 Å². The Morgan fingerprint density at radius 1 is 1.29 bits per heavy atom. The predicted octanol–water partition coefficient (Wildman–Crippen LogP) is 0.921. The summed E-state index contributed by atoms with van der Waals surface area (Å²) in [5, 5.41) is 7.48. The highest BCUT2D eigenvalue weighted by atomic mass is 16.5. The topological polar surface area (TPSA) is 41.3 Å². The molecule has 0 amide bonds. The lowest BCUT2D eigenvalue weighted by atomic mass is 10.1. The predicted molar refractivity (Wildman–Crippen MR) is 53.4 cm³/mol. The first-order valence-corrected chi connectivity index (χ1v) is 5.38. The van der Waals surface area contributed by atoms with Gasteiger partial charge in [-0.05, 0) is 25.8 Å². The molecule has 1 aromatic heterocycles. The van der Waals surface area contributed by atoms with Gasteiger partial charge in [0.1, 0.15) is 0 Å². The van der Waals surface area contributed by atoms with E-state index in [9.17, 15) is 0 Å². The summed E-state index contributed by atoms with van der Waals surface area (Å²) in [5.41, 5.74) is 1.34. The first-order chi connectivity index (χ1) is 6.95. The summed E-state index contributed by atoms with van der Waals surface area (Å²) in [6.07, 6.45) is 3.64. The molecule has 0 aliphatic carbocycles. The molecule has 0 spiro atoms. The zero-order valence-corrected chi connectivity index (χ0v) is 8.25. The molecular formula is C10H15N3O. The summed E-state index contributed by atoms with van der Waals surface area (Å²) in [6, 6.07) is 0. The maximum Gasteiger partial charge on any atom is 0.175 e. The van der Waals surface area contributed by atoms with E-state index in [-0.39, 0.29) is 0 Å². The van der Waals surface area contributed by atoms with Gasteiger partial charge in [-0.1, -0.05) is 5.16 Å². The van der Waals surface area contributed by atoms with Crippen LogP contribution in [0, 0.1) is 0 Å². The molecule has 0 bridgehead atoms. The van der Waals surface area contributed by atoms with Crippen LogP contribution in [0.15, 0.2) is 4.52 Å². The maximum absolute atomic E-state index is 5.35. The van der Waals surface area contributed by atoms with Gasteiger partial charge in [-0.25, -0.2) is 0 Å². The lowest BCUT2D eigenvalue weighted by Crippen LogP contribution is -2.25. The number of hydrogen-bond donors (Lipinski definition) is 1. The van der Waals surface area contributed by atoms with Crippen LogP contribution >= 0.6 is 0 Å². The molecule has 3 rings (SSSR count). The smallest absolute Gasteiger partial charge is 0.175 e. The van der Waals surface area contributed by atoms with Gasteiger partial charge in [0.05, 0.1) is 6.54 Å². The van der Waals surface area contributed by atoms with Crippen molar-refractivity contribution in [3.63, 3.8) is 0 Å². The fourth-order valence-electron chi connectivity index (χ4n) is 2.32. The number of anilines is 1. The van der Waals surface area contributed by atoms with Crippen molar-refractivity contribution < 1.29 is 4.52 Å². The zero-order valence-electron chi connectivity index (χ0n) is 8.25. The number of hydrogen-bond acceptors (Lipinski definition) is 4. The molecule has 4 heteroatoms. The molecule has 0 saturated carbocycles. The Morgan fingerprint density at radius 3 is 3.00 bits per heavy atom. The summed E-state index contributed by atoms with van der Waals surface area (Å²) in [4.78, 5) is 2.35. The van der Waals surface area contributed by atoms with Crippen molar-refractivity contribution in [2.45, 2.75) is 25.8 Å². The Labute approximate surface area is 83.2 Å². The summed E-state index contributed by atoms with van der Waals surface area (Å²) in [7, 11) is 0. The summed E-state index contributed by atoms with van der Waals surface area (Å²) >= 11 is 0. The van der Waals surface area contributed by atoms with Crippen LogP contribution in [0.3, 0.4) is 0 Å². The molecule has 0 unspecified atom stereocenters. The molecule has 0 aromatic carbocycles. The Bertz CT molecular complexity index is 328.